The van der Waals surface area contributed by atoms with Crippen LogP contribution in [0.15, 0.2) is 12.2 Å². The zero-order chi connectivity index (χ0) is 13.1. The second kappa shape index (κ2) is 5.62. The zero-order valence-electron chi connectivity index (χ0n) is 10.6. The van der Waals surface area contributed by atoms with Crippen molar-refractivity contribution in [1.82, 2.24) is 0 Å². The van der Waals surface area contributed by atoms with Crippen LogP contribution in [0.5, 0.6) is 0 Å². The van der Waals surface area contributed by atoms with Gasteiger partial charge in [-0.05, 0) is 13.8 Å². The number of carbonyl (C=O) groups is 1. The van der Waals surface area contributed by atoms with Gasteiger partial charge >= 0.3 is 5.97 Å². The van der Waals surface area contributed by atoms with Crippen LogP contribution in [0.3, 0.4) is 0 Å². The Labute approximate surface area is 101 Å². The van der Waals surface area contributed by atoms with Crippen LogP contribution in [0.2, 0.25) is 0 Å². The first kappa shape index (κ1) is 14.2. The van der Waals surface area contributed by atoms with Crippen LogP contribution >= 0.6 is 0 Å². The molecule has 98 valence electrons. The number of aliphatic hydroxyl groups is 1. The molecule has 1 aliphatic rings. The van der Waals surface area contributed by atoms with E-state index in [2.05, 4.69) is 11.3 Å². The molecule has 0 spiro atoms. The van der Waals surface area contributed by atoms with E-state index < -0.39 is 17.9 Å². The number of rotatable bonds is 5. The molecule has 1 rings (SSSR count). The highest BCUT2D eigenvalue weighted by molar-refractivity contribution is 5.87. The van der Waals surface area contributed by atoms with Gasteiger partial charge in [0.25, 0.3) is 0 Å². The lowest BCUT2D eigenvalue weighted by molar-refractivity contribution is -0.142. The second-order valence-electron chi connectivity index (χ2n) is 4.64. The molecule has 0 amide bonds. The van der Waals surface area contributed by atoms with E-state index in [4.69, 9.17) is 9.47 Å². The highest BCUT2D eigenvalue weighted by Gasteiger charge is 2.33. The molecular weight excluding hydrogens is 224 g/mol. The van der Waals surface area contributed by atoms with Crippen LogP contribution in [-0.4, -0.2) is 42.8 Å². The normalized spacial score (nSPS) is 24.4. The summed E-state index contributed by atoms with van der Waals surface area (Å²) in [6.07, 6.45) is -0.221. The second-order valence-corrected chi connectivity index (χ2v) is 4.64. The minimum Gasteiger partial charge on any atom is -0.466 e. The van der Waals surface area contributed by atoms with Gasteiger partial charge < -0.3 is 19.3 Å². The molecule has 0 radical (unpaired) electrons. The number of aliphatic hydroxyl groups excluding tert-OH is 1. The molecule has 5 heteroatoms. The van der Waals surface area contributed by atoms with Crippen LogP contribution in [-0.2, 0) is 19.0 Å². The summed E-state index contributed by atoms with van der Waals surface area (Å²) in [5.74, 6) is -1.09. The molecule has 17 heavy (non-hydrogen) atoms. The predicted molar refractivity (Wildman–Crippen MR) is 61.3 cm³/mol. The van der Waals surface area contributed by atoms with Gasteiger partial charge in [-0.25, -0.2) is 4.79 Å². The van der Waals surface area contributed by atoms with Crippen LogP contribution in [0.25, 0.3) is 0 Å². The Kier molecular flexibility index (Phi) is 4.68. The molecule has 2 atom stereocenters. The smallest absolute Gasteiger partial charge is 0.333 e. The summed E-state index contributed by atoms with van der Waals surface area (Å²) in [4.78, 5) is 11.1. The summed E-state index contributed by atoms with van der Waals surface area (Å²) >= 11 is 0. The van der Waals surface area contributed by atoms with E-state index in [1.165, 1.54) is 7.11 Å². The summed E-state index contributed by atoms with van der Waals surface area (Å²) < 4.78 is 15.5. The first-order chi connectivity index (χ1) is 7.84. The first-order valence-corrected chi connectivity index (χ1v) is 5.60. The lowest BCUT2D eigenvalue weighted by Crippen LogP contribution is -2.25. The standard InChI is InChI=1S/C12H20O5/c1-8(11(14)15-4)5-9(13)6-10-7-16-12(2,3)17-10/h9-10,13H,1,5-7H2,2-4H3/t9?,10-/m0/s1. The third kappa shape index (κ3) is 4.46. The summed E-state index contributed by atoms with van der Waals surface area (Å²) in [5, 5.41) is 9.79. The molecular formula is C12H20O5. The Morgan fingerprint density at radius 2 is 2.29 bits per heavy atom. The average Bonchev–Trinajstić information content (AvgIpc) is 2.56. The van der Waals surface area contributed by atoms with Gasteiger partial charge in [0.2, 0.25) is 0 Å². The van der Waals surface area contributed by atoms with Gasteiger partial charge in [0.15, 0.2) is 5.79 Å². The van der Waals surface area contributed by atoms with Gasteiger partial charge in [0, 0.05) is 18.4 Å². The Balaban J connectivity index is 2.33. The van der Waals surface area contributed by atoms with E-state index in [1.807, 2.05) is 13.8 Å². The molecule has 1 saturated heterocycles. The monoisotopic (exact) mass is 244 g/mol. The molecule has 5 nitrogen and oxygen atoms in total. The average molecular weight is 244 g/mol. The van der Waals surface area contributed by atoms with Gasteiger partial charge in [-0.15, -0.1) is 0 Å². The predicted octanol–water partition coefficient (Wildman–Crippen LogP) is 1.01. The summed E-state index contributed by atoms with van der Waals surface area (Å²) in [6.45, 7) is 7.67. The van der Waals surface area contributed by atoms with Gasteiger partial charge in [0.1, 0.15) is 0 Å². The van der Waals surface area contributed by atoms with Crippen molar-refractivity contribution >= 4 is 5.97 Å². The van der Waals surface area contributed by atoms with Gasteiger partial charge in [-0.2, -0.15) is 0 Å². The molecule has 1 unspecified atom stereocenters. The number of hydrogen-bond acceptors (Lipinski definition) is 5. The van der Waals surface area contributed by atoms with Crippen LogP contribution in [0, 0.1) is 0 Å². The number of carbonyl (C=O) groups excluding carboxylic acids is 1. The van der Waals surface area contributed by atoms with E-state index in [-0.39, 0.29) is 18.1 Å². The van der Waals surface area contributed by atoms with Crippen molar-refractivity contribution in [2.45, 2.75) is 44.7 Å². The summed E-state index contributed by atoms with van der Waals surface area (Å²) in [5.41, 5.74) is 0.262. The fourth-order valence-corrected chi connectivity index (χ4v) is 1.78. The van der Waals surface area contributed by atoms with Gasteiger partial charge in [-0.3, -0.25) is 0 Å². The summed E-state index contributed by atoms with van der Waals surface area (Å²) in [7, 11) is 1.29. The molecule has 0 bridgehead atoms. The SMILES string of the molecule is C=C(CC(O)C[C@H]1COC(C)(C)O1)C(=O)OC. The zero-order valence-corrected chi connectivity index (χ0v) is 10.6. The van der Waals surface area contributed by atoms with E-state index in [0.29, 0.717) is 13.0 Å². The molecule has 0 saturated carbocycles. The third-order valence-electron chi connectivity index (χ3n) is 2.56. The Hall–Kier alpha value is -0.910. The van der Waals surface area contributed by atoms with Crippen molar-refractivity contribution in [2.75, 3.05) is 13.7 Å². The van der Waals surface area contributed by atoms with Crippen LogP contribution in [0.1, 0.15) is 26.7 Å². The molecule has 0 aromatic heterocycles. The third-order valence-corrected chi connectivity index (χ3v) is 2.56. The minimum absolute atomic E-state index is 0.148. The van der Waals surface area contributed by atoms with Crippen molar-refractivity contribution in [3.63, 3.8) is 0 Å². The highest BCUT2D eigenvalue weighted by Crippen LogP contribution is 2.25. The maximum Gasteiger partial charge on any atom is 0.333 e. The number of hydrogen-bond donors (Lipinski definition) is 1. The van der Waals surface area contributed by atoms with Gasteiger partial charge in [-0.1, -0.05) is 6.58 Å². The fourth-order valence-electron chi connectivity index (χ4n) is 1.78. The van der Waals surface area contributed by atoms with Crippen molar-refractivity contribution in [3.05, 3.63) is 12.2 Å². The topological polar surface area (TPSA) is 65.0 Å². The Morgan fingerprint density at radius 3 is 2.76 bits per heavy atom. The fraction of sp³-hybridized carbons (Fsp3) is 0.750. The highest BCUT2D eigenvalue weighted by atomic mass is 16.7. The number of methoxy groups -OCH3 is 1. The summed E-state index contributed by atoms with van der Waals surface area (Å²) in [6, 6.07) is 0. The molecule has 0 aliphatic carbocycles. The number of ether oxygens (including phenoxy) is 3. The van der Waals surface area contributed by atoms with Crippen molar-refractivity contribution < 1.29 is 24.1 Å². The molecule has 1 N–H and O–H groups in total. The van der Waals surface area contributed by atoms with Gasteiger partial charge in [0.05, 0.1) is 25.9 Å². The van der Waals surface area contributed by atoms with Crippen LogP contribution in [0.4, 0.5) is 0 Å². The lowest BCUT2D eigenvalue weighted by atomic mass is 10.0. The quantitative estimate of drug-likeness (QED) is 0.577. The Morgan fingerprint density at radius 1 is 1.65 bits per heavy atom. The maximum atomic E-state index is 11.1. The van der Waals surface area contributed by atoms with Crippen molar-refractivity contribution in [1.29, 1.82) is 0 Å². The van der Waals surface area contributed by atoms with E-state index >= 15 is 0 Å². The minimum atomic E-state index is -0.677. The molecule has 0 aromatic carbocycles. The molecule has 1 fully saturated rings. The van der Waals surface area contributed by atoms with Crippen molar-refractivity contribution in [3.8, 4) is 0 Å². The largest absolute Gasteiger partial charge is 0.466 e. The first-order valence-electron chi connectivity index (χ1n) is 5.60. The van der Waals surface area contributed by atoms with Crippen molar-refractivity contribution in [2.24, 2.45) is 0 Å². The van der Waals surface area contributed by atoms with Crippen LogP contribution < -0.4 is 0 Å². The van der Waals surface area contributed by atoms with E-state index in [9.17, 15) is 9.90 Å². The van der Waals surface area contributed by atoms with E-state index in [0.717, 1.165) is 0 Å². The Bertz CT molecular complexity index is 297. The molecule has 1 aliphatic heterocycles. The maximum absolute atomic E-state index is 11.1. The lowest BCUT2D eigenvalue weighted by Gasteiger charge is -2.19. The molecule has 1 heterocycles. The molecule has 0 aromatic rings. The van der Waals surface area contributed by atoms with E-state index in [1.54, 1.807) is 0 Å². The number of esters is 1.